The Labute approximate surface area is 235 Å². The van der Waals surface area contributed by atoms with Crippen LogP contribution in [-0.4, -0.2) is 54.8 Å². The first kappa shape index (κ1) is 33.2. The fourth-order valence-electron chi connectivity index (χ4n) is 4.25. The zero-order chi connectivity index (χ0) is 29.2. The molecule has 0 bridgehead atoms. The molecule has 0 aromatic heterocycles. The van der Waals surface area contributed by atoms with Crippen molar-refractivity contribution < 1.29 is 23.1 Å². The Kier molecular flexibility index (Phi) is 10.7. The SMILES string of the molecule is C=C[C@H](CO[Si](C)(C)C(C)(C)C)[C@H](O[Si](C)(C)C(C)(C)C)[C@]1(C)O[C@@H]1[C@@H](C)COCc1ccc(OC)cc1. The molecule has 0 aliphatic carbocycles. The highest BCUT2D eigenvalue weighted by Crippen LogP contribution is 2.50. The van der Waals surface area contributed by atoms with Gasteiger partial charge < -0.3 is 23.1 Å². The summed E-state index contributed by atoms with van der Waals surface area (Å²) in [4.78, 5) is 0. The van der Waals surface area contributed by atoms with Crippen LogP contribution in [0.15, 0.2) is 36.9 Å². The second-order valence-corrected chi connectivity index (χ2v) is 23.9. The molecule has 5 nitrogen and oxygen atoms in total. The molecule has 0 spiro atoms. The average Bonchev–Trinajstić information content (AvgIpc) is 3.50. The molecule has 0 unspecified atom stereocenters. The fraction of sp³-hybridized carbons (Fsp3) is 0.742. The lowest BCUT2D eigenvalue weighted by Crippen LogP contribution is -2.52. The van der Waals surface area contributed by atoms with Gasteiger partial charge in [-0.1, -0.05) is 66.7 Å². The van der Waals surface area contributed by atoms with Gasteiger partial charge in [0.15, 0.2) is 16.6 Å². The Morgan fingerprint density at radius 3 is 2.00 bits per heavy atom. The molecule has 0 amide bonds. The van der Waals surface area contributed by atoms with Crippen molar-refractivity contribution in [3.05, 3.63) is 42.5 Å². The molecule has 1 aromatic carbocycles. The van der Waals surface area contributed by atoms with Gasteiger partial charge in [0.05, 0.1) is 32.5 Å². The van der Waals surface area contributed by atoms with Crippen LogP contribution in [0.25, 0.3) is 0 Å². The van der Waals surface area contributed by atoms with Crippen LogP contribution in [0.1, 0.15) is 61.0 Å². The average molecular weight is 565 g/mol. The van der Waals surface area contributed by atoms with Crippen molar-refractivity contribution in [1.82, 2.24) is 0 Å². The zero-order valence-corrected chi connectivity index (χ0v) is 28.6. The van der Waals surface area contributed by atoms with Crippen LogP contribution in [0.4, 0.5) is 0 Å². The second-order valence-electron chi connectivity index (χ2n) is 14.3. The molecule has 1 fully saturated rings. The van der Waals surface area contributed by atoms with Crippen molar-refractivity contribution in [3.8, 4) is 5.75 Å². The van der Waals surface area contributed by atoms with Crippen molar-refractivity contribution >= 4 is 16.6 Å². The van der Waals surface area contributed by atoms with Crippen LogP contribution < -0.4 is 4.74 Å². The molecular formula is C31H56O5Si2. The lowest BCUT2D eigenvalue weighted by atomic mass is 9.86. The maximum Gasteiger partial charge on any atom is 0.192 e. The smallest absolute Gasteiger partial charge is 0.192 e. The van der Waals surface area contributed by atoms with E-state index in [0.29, 0.717) is 19.8 Å². The molecule has 7 heteroatoms. The molecule has 5 atom stereocenters. The lowest BCUT2D eigenvalue weighted by Gasteiger charge is -2.43. The molecule has 0 saturated carbocycles. The third-order valence-electron chi connectivity index (χ3n) is 9.14. The Balaban J connectivity index is 2.16. The topological polar surface area (TPSA) is 49.5 Å². The number of benzene rings is 1. The van der Waals surface area contributed by atoms with Gasteiger partial charge in [0, 0.05) is 18.4 Å². The predicted octanol–water partition coefficient (Wildman–Crippen LogP) is 8.22. The Hall–Kier alpha value is -0.966. The van der Waals surface area contributed by atoms with Crippen LogP contribution in [0.5, 0.6) is 5.75 Å². The number of hydrogen-bond donors (Lipinski definition) is 0. The van der Waals surface area contributed by atoms with E-state index in [9.17, 15) is 0 Å². The van der Waals surface area contributed by atoms with Gasteiger partial charge >= 0.3 is 0 Å². The van der Waals surface area contributed by atoms with Crippen molar-refractivity contribution in [2.45, 2.75) is 116 Å². The lowest BCUT2D eigenvalue weighted by molar-refractivity contribution is 0.0403. The first-order valence-corrected chi connectivity index (χ1v) is 19.9. The summed E-state index contributed by atoms with van der Waals surface area (Å²) in [6.45, 7) is 33.4. The van der Waals surface area contributed by atoms with Gasteiger partial charge in [0.1, 0.15) is 11.4 Å². The van der Waals surface area contributed by atoms with Gasteiger partial charge in [-0.05, 0) is 60.9 Å². The number of ether oxygens (including phenoxy) is 3. The van der Waals surface area contributed by atoms with E-state index < -0.39 is 22.2 Å². The number of methoxy groups -OCH3 is 1. The van der Waals surface area contributed by atoms with Crippen molar-refractivity contribution in [2.24, 2.45) is 11.8 Å². The van der Waals surface area contributed by atoms with E-state index >= 15 is 0 Å². The molecule has 1 aromatic rings. The zero-order valence-electron chi connectivity index (χ0n) is 26.6. The van der Waals surface area contributed by atoms with E-state index in [4.69, 9.17) is 23.1 Å². The van der Waals surface area contributed by atoms with Crippen molar-refractivity contribution in [2.75, 3.05) is 20.3 Å². The molecule has 0 radical (unpaired) electrons. The standard InChI is InChI=1S/C31H56O5Si2/c1-15-25(22-34-37(11,12)29(3,4)5)28(36-38(13,14)30(6,7)8)31(9)27(35-31)23(2)20-33-21-24-16-18-26(32-10)19-17-24/h15-19,23,25,27-28H,1,20-22H2,2-14H3/t23-,25+,27+,28-,31+/m0/s1. The van der Waals surface area contributed by atoms with Gasteiger partial charge in [0.25, 0.3) is 0 Å². The van der Waals surface area contributed by atoms with E-state index in [1.165, 1.54) is 0 Å². The van der Waals surface area contributed by atoms with Crippen LogP contribution in [-0.2, 0) is 24.9 Å². The largest absolute Gasteiger partial charge is 0.497 e. The van der Waals surface area contributed by atoms with E-state index in [-0.39, 0.29) is 34.1 Å². The monoisotopic (exact) mass is 564 g/mol. The highest BCUT2D eigenvalue weighted by Gasteiger charge is 2.63. The Morgan fingerprint density at radius 1 is 0.974 bits per heavy atom. The summed E-state index contributed by atoms with van der Waals surface area (Å²) < 4.78 is 31.7. The second kappa shape index (κ2) is 12.3. The molecule has 1 aliphatic heterocycles. The summed E-state index contributed by atoms with van der Waals surface area (Å²) in [6, 6.07) is 8.02. The minimum absolute atomic E-state index is 0.0423. The first-order chi connectivity index (χ1) is 17.3. The molecule has 1 saturated heterocycles. The summed E-state index contributed by atoms with van der Waals surface area (Å²) in [6.07, 6.45) is 1.96. The third-order valence-corrected chi connectivity index (χ3v) is 18.1. The van der Waals surface area contributed by atoms with E-state index in [1.807, 2.05) is 30.3 Å². The van der Waals surface area contributed by atoms with Gasteiger partial charge in [0.2, 0.25) is 0 Å². The summed E-state index contributed by atoms with van der Waals surface area (Å²) in [5.74, 6) is 1.13. The predicted molar refractivity (Wildman–Crippen MR) is 164 cm³/mol. The Bertz CT molecular complexity index is 900. The third kappa shape index (κ3) is 8.04. The molecule has 0 N–H and O–H groups in total. The summed E-state index contributed by atoms with van der Waals surface area (Å²) in [5, 5.41) is 0.234. The molecule has 38 heavy (non-hydrogen) atoms. The number of epoxide rings is 1. The highest BCUT2D eigenvalue weighted by atomic mass is 28.4. The highest BCUT2D eigenvalue weighted by molar-refractivity contribution is 6.74. The molecular weight excluding hydrogens is 509 g/mol. The van der Waals surface area contributed by atoms with Crippen LogP contribution >= 0.6 is 0 Å². The van der Waals surface area contributed by atoms with Gasteiger partial charge in [-0.15, -0.1) is 6.58 Å². The van der Waals surface area contributed by atoms with Gasteiger partial charge in [-0.3, -0.25) is 0 Å². The first-order valence-electron chi connectivity index (χ1n) is 14.1. The quantitative estimate of drug-likeness (QED) is 0.129. The minimum atomic E-state index is -2.08. The van der Waals surface area contributed by atoms with Crippen LogP contribution in [0, 0.1) is 11.8 Å². The van der Waals surface area contributed by atoms with Gasteiger partial charge in [-0.25, -0.2) is 0 Å². The van der Waals surface area contributed by atoms with Crippen molar-refractivity contribution in [1.29, 1.82) is 0 Å². The molecule has 218 valence electrons. The van der Waals surface area contributed by atoms with E-state index in [0.717, 1.165) is 11.3 Å². The maximum absolute atomic E-state index is 7.13. The normalized spacial score (nSPS) is 23.0. The number of hydrogen-bond acceptors (Lipinski definition) is 5. The molecule has 1 aliphatic rings. The number of rotatable bonds is 14. The van der Waals surface area contributed by atoms with E-state index in [1.54, 1.807) is 7.11 Å². The maximum atomic E-state index is 7.13. The fourth-order valence-corrected chi connectivity index (χ4v) is 6.68. The van der Waals surface area contributed by atoms with Gasteiger partial charge in [-0.2, -0.15) is 0 Å². The van der Waals surface area contributed by atoms with Crippen LogP contribution in [0.3, 0.4) is 0 Å². The van der Waals surface area contributed by atoms with Crippen molar-refractivity contribution in [3.63, 3.8) is 0 Å². The summed E-state index contributed by atoms with van der Waals surface area (Å²) in [7, 11) is -2.32. The summed E-state index contributed by atoms with van der Waals surface area (Å²) in [5.41, 5.74) is 0.722. The Morgan fingerprint density at radius 2 is 1.53 bits per heavy atom. The molecule has 1 heterocycles. The van der Waals surface area contributed by atoms with E-state index in [2.05, 4.69) is 88.2 Å². The minimum Gasteiger partial charge on any atom is -0.497 e. The summed E-state index contributed by atoms with van der Waals surface area (Å²) >= 11 is 0. The van der Waals surface area contributed by atoms with Crippen LogP contribution in [0.2, 0.25) is 36.3 Å². The molecule has 2 rings (SSSR count).